The van der Waals surface area contributed by atoms with E-state index in [1.807, 2.05) is 32.9 Å². The van der Waals surface area contributed by atoms with Gasteiger partial charge < -0.3 is 15.4 Å². The van der Waals surface area contributed by atoms with Crippen LogP contribution in [0.5, 0.6) is 5.75 Å². The standard InChI is InChI=1S/C25H38N2O2.ClH/c1-5-6-7-8-9-12-17-26-18-22-21-14-11-10-13-20(21)15-16-23(22)29-19-24(28)27-25(2,3)4;/h10-11,13-16,26H,5-9,12,17-19H2,1-4H3,(H,27,28);1H. The fourth-order valence-corrected chi connectivity index (χ4v) is 3.47. The van der Waals surface area contributed by atoms with Crippen LogP contribution in [0.3, 0.4) is 0 Å². The van der Waals surface area contributed by atoms with Gasteiger partial charge in [0.05, 0.1) is 0 Å². The van der Waals surface area contributed by atoms with Crippen LogP contribution in [0, 0.1) is 0 Å². The number of halogens is 1. The lowest BCUT2D eigenvalue weighted by Gasteiger charge is -2.21. The lowest BCUT2D eigenvalue weighted by Crippen LogP contribution is -2.43. The Kier molecular flexibility index (Phi) is 11.8. The van der Waals surface area contributed by atoms with E-state index < -0.39 is 0 Å². The first-order chi connectivity index (χ1) is 13.9. The van der Waals surface area contributed by atoms with Crippen LogP contribution >= 0.6 is 12.4 Å². The van der Waals surface area contributed by atoms with Crippen molar-refractivity contribution in [1.82, 2.24) is 10.6 Å². The van der Waals surface area contributed by atoms with Crippen LogP contribution < -0.4 is 15.4 Å². The zero-order valence-electron chi connectivity index (χ0n) is 19.1. The summed E-state index contributed by atoms with van der Waals surface area (Å²) >= 11 is 0. The number of carbonyl (C=O) groups is 1. The molecule has 1 amide bonds. The van der Waals surface area contributed by atoms with E-state index in [9.17, 15) is 4.79 Å². The fourth-order valence-electron chi connectivity index (χ4n) is 3.47. The number of benzene rings is 2. The highest BCUT2D eigenvalue weighted by Gasteiger charge is 2.15. The molecule has 2 aromatic rings. The Balaban J connectivity index is 0.00000450. The van der Waals surface area contributed by atoms with Gasteiger partial charge in [0.1, 0.15) is 5.75 Å². The summed E-state index contributed by atoms with van der Waals surface area (Å²) in [6.45, 7) is 9.93. The normalized spacial score (nSPS) is 11.2. The Hall–Kier alpha value is -1.78. The van der Waals surface area contributed by atoms with Crippen LogP contribution in [-0.4, -0.2) is 24.6 Å². The number of hydrogen-bond acceptors (Lipinski definition) is 3. The van der Waals surface area contributed by atoms with E-state index in [1.54, 1.807) is 0 Å². The number of rotatable bonds is 12. The molecule has 0 aliphatic carbocycles. The summed E-state index contributed by atoms with van der Waals surface area (Å²) in [6.07, 6.45) is 7.76. The largest absolute Gasteiger partial charge is 0.483 e. The lowest BCUT2D eigenvalue weighted by atomic mass is 10.0. The van der Waals surface area contributed by atoms with E-state index in [4.69, 9.17) is 4.74 Å². The molecule has 5 heteroatoms. The summed E-state index contributed by atoms with van der Waals surface area (Å²) in [7, 11) is 0. The quantitative estimate of drug-likeness (QED) is 0.402. The van der Waals surface area contributed by atoms with Crippen LogP contribution in [0.4, 0.5) is 0 Å². The Morgan fingerprint density at radius 1 is 0.967 bits per heavy atom. The van der Waals surface area contributed by atoms with Gasteiger partial charge in [0, 0.05) is 17.6 Å². The molecule has 30 heavy (non-hydrogen) atoms. The molecule has 0 spiro atoms. The van der Waals surface area contributed by atoms with E-state index in [-0.39, 0.29) is 30.5 Å². The molecule has 0 saturated heterocycles. The van der Waals surface area contributed by atoms with Gasteiger partial charge in [0.25, 0.3) is 5.91 Å². The van der Waals surface area contributed by atoms with Crippen molar-refractivity contribution in [3.8, 4) is 5.75 Å². The number of amides is 1. The van der Waals surface area contributed by atoms with Crippen molar-refractivity contribution in [2.75, 3.05) is 13.2 Å². The van der Waals surface area contributed by atoms with E-state index in [1.165, 1.54) is 49.3 Å². The van der Waals surface area contributed by atoms with Crippen molar-refractivity contribution in [1.29, 1.82) is 0 Å². The molecule has 0 saturated carbocycles. The van der Waals surface area contributed by atoms with Crippen molar-refractivity contribution in [2.24, 2.45) is 0 Å². The number of ether oxygens (including phenoxy) is 1. The third-order valence-electron chi connectivity index (χ3n) is 4.88. The molecule has 0 bridgehead atoms. The van der Waals surface area contributed by atoms with Crippen molar-refractivity contribution in [3.05, 3.63) is 42.0 Å². The molecule has 0 fully saturated rings. The average molecular weight is 435 g/mol. The minimum Gasteiger partial charge on any atom is -0.483 e. The second-order valence-corrected chi connectivity index (χ2v) is 8.79. The first kappa shape index (κ1) is 26.3. The van der Waals surface area contributed by atoms with Gasteiger partial charge in [0.15, 0.2) is 6.61 Å². The molecule has 2 N–H and O–H groups in total. The number of carbonyl (C=O) groups excluding carboxylic acids is 1. The SMILES string of the molecule is CCCCCCCCNCc1c(OCC(=O)NC(C)(C)C)ccc2ccccc12.Cl. The van der Waals surface area contributed by atoms with Gasteiger partial charge in [-0.3, -0.25) is 4.79 Å². The molecule has 0 aliphatic heterocycles. The summed E-state index contributed by atoms with van der Waals surface area (Å²) in [4.78, 5) is 12.2. The minimum atomic E-state index is -0.259. The molecule has 0 atom stereocenters. The summed E-state index contributed by atoms with van der Waals surface area (Å²) in [5.41, 5.74) is 0.864. The van der Waals surface area contributed by atoms with Crippen LogP contribution in [0.2, 0.25) is 0 Å². The third-order valence-corrected chi connectivity index (χ3v) is 4.88. The zero-order chi connectivity index (χ0) is 21.1. The molecule has 0 aromatic heterocycles. The molecule has 4 nitrogen and oxygen atoms in total. The van der Waals surface area contributed by atoms with Crippen LogP contribution in [-0.2, 0) is 11.3 Å². The third kappa shape index (κ3) is 9.36. The summed E-state index contributed by atoms with van der Waals surface area (Å²) in [5.74, 6) is 0.680. The molecule has 2 rings (SSSR count). The first-order valence-electron chi connectivity index (χ1n) is 11.1. The second kappa shape index (κ2) is 13.5. The summed E-state index contributed by atoms with van der Waals surface area (Å²) in [5, 5.41) is 8.89. The molecular weight excluding hydrogens is 396 g/mol. The number of unbranched alkanes of at least 4 members (excludes halogenated alkanes) is 5. The maximum Gasteiger partial charge on any atom is 0.258 e. The predicted octanol–water partition coefficient (Wildman–Crippen LogP) is 6.01. The summed E-state index contributed by atoms with van der Waals surface area (Å²) in [6, 6.07) is 12.4. The highest BCUT2D eigenvalue weighted by atomic mass is 35.5. The van der Waals surface area contributed by atoms with E-state index >= 15 is 0 Å². The van der Waals surface area contributed by atoms with Gasteiger partial charge in [-0.2, -0.15) is 0 Å². The monoisotopic (exact) mass is 434 g/mol. The van der Waals surface area contributed by atoms with Gasteiger partial charge in [-0.15, -0.1) is 12.4 Å². The van der Waals surface area contributed by atoms with Crippen LogP contribution in [0.15, 0.2) is 36.4 Å². The van der Waals surface area contributed by atoms with Gasteiger partial charge >= 0.3 is 0 Å². The number of nitrogens with one attached hydrogen (secondary N) is 2. The van der Waals surface area contributed by atoms with E-state index in [0.717, 1.165) is 24.4 Å². The van der Waals surface area contributed by atoms with Crippen LogP contribution in [0.25, 0.3) is 10.8 Å². The van der Waals surface area contributed by atoms with Crippen molar-refractivity contribution in [3.63, 3.8) is 0 Å². The van der Waals surface area contributed by atoms with Crippen LogP contribution in [0.1, 0.15) is 71.8 Å². The predicted molar refractivity (Wildman–Crippen MR) is 130 cm³/mol. The Morgan fingerprint density at radius 2 is 1.67 bits per heavy atom. The van der Waals surface area contributed by atoms with Gasteiger partial charge in [-0.05, 0) is 50.6 Å². The van der Waals surface area contributed by atoms with Gasteiger partial charge in [-0.25, -0.2) is 0 Å². The Labute approximate surface area is 188 Å². The van der Waals surface area contributed by atoms with Crippen molar-refractivity contribution >= 4 is 29.1 Å². The Morgan fingerprint density at radius 3 is 2.40 bits per heavy atom. The second-order valence-electron chi connectivity index (χ2n) is 8.79. The molecule has 0 radical (unpaired) electrons. The molecule has 0 aliphatic rings. The smallest absolute Gasteiger partial charge is 0.258 e. The maximum absolute atomic E-state index is 12.2. The van der Waals surface area contributed by atoms with Crippen molar-refractivity contribution in [2.45, 2.75) is 78.3 Å². The highest BCUT2D eigenvalue weighted by molar-refractivity contribution is 5.88. The molecule has 168 valence electrons. The fraction of sp³-hybridized carbons (Fsp3) is 0.560. The maximum atomic E-state index is 12.2. The first-order valence-corrected chi connectivity index (χ1v) is 11.1. The van der Waals surface area contributed by atoms with Gasteiger partial charge in [-0.1, -0.05) is 69.4 Å². The van der Waals surface area contributed by atoms with Gasteiger partial charge in [0.2, 0.25) is 0 Å². The van der Waals surface area contributed by atoms with E-state index in [0.29, 0.717) is 0 Å². The van der Waals surface area contributed by atoms with E-state index in [2.05, 4.69) is 41.8 Å². The minimum absolute atomic E-state index is 0. The number of hydrogen-bond donors (Lipinski definition) is 2. The number of fused-ring (bicyclic) bond motifs is 1. The zero-order valence-corrected chi connectivity index (χ0v) is 19.9. The highest BCUT2D eigenvalue weighted by Crippen LogP contribution is 2.28. The Bertz CT molecular complexity index is 771. The summed E-state index contributed by atoms with van der Waals surface area (Å²) < 4.78 is 5.92. The molecular formula is C25H39ClN2O2. The molecule has 0 heterocycles. The lowest BCUT2D eigenvalue weighted by molar-refractivity contribution is -0.124. The molecule has 0 unspecified atom stereocenters. The topological polar surface area (TPSA) is 50.4 Å². The average Bonchev–Trinajstić information content (AvgIpc) is 2.67. The molecule has 2 aromatic carbocycles. The van der Waals surface area contributed by atoms with Crippen molar-refractivity contribution < 1.29 is 9.53 Å².